The van der Waals surface area contributed by atoms with Gasteiger partial charge in [0.1, 0.15) is 11.4 Å². The molecule has 0 bridgehead atoms. The number of rotatable bonds is 5. The van der Waals surface area contributed by atoms with Crippen molar-refractivity contribution < 1.29 is 14.0 Å². The molecule has 0 fully saturated rings. The topological polar surface area (TPSA) is 80.2 Å². The largest absolute Gasteiger partial charge is 0.324 e. The van der Waals surface area contributed by atoms with E-state index in [2.05, 4.69) is 24.5 Å². The van der Waals surface area contributed by atoms with Gasteiger partial charge in [-0.05, 0) is 60.4 Å². The zero-order valence-electron chi connectivity index (χ0n) is 17.8. The minimum absolute atomic E-state index is 0.00813. The SMILES string of the molecule is CC(=O)Nc1ccc(NC(=O)c2c(C)ccn(-c3cccc(C(C)C)c3)c2=O)cc1F. The lowest BCUT2D eigenvalue weighted by Gasteiger charge is -2.13. The summed E-state index contributed by atoms with van der Waals surface area (Å²) in [6, 6.07) is 13.2. The second-order valence-electron chi connectivity index (χ2n) is 7.63. The number of aromatic nitrogens is 1. The molecule has 2 aromatic carbocycles. The monoisotopic (exact) mass is 421 g/mol. The fraction of sp³-hybridized carbons (Fsp3) is 0.208. The van der Waals surface area contributed by atoms with Crippen molar-refractivity contribution in [2.45, 2.75) is 33.6 Å². The normalized spacial score (nSPS) is 10.8. The van der Waals surface area contributed by atoms with Gasteiger partial charge in [0, 0.05) is 24.5 Å². The van der Waals surface area contributed by atoms with Crippen molar-refractivity contribution in [1.82, 2.24) is 4.57 Å². The van der Waals surface area contributed by atoms with E-state index < -0.39 is 23.2 Å². The van der Waals surface area contributed by atoms with Crippen LogP contribution in [0, 0.1) is 12.7 Å². The fourth-order valence-corrected chi connectivity index (χ4v) is 3.22. The molecule has 3 aromatic rings. The van der Waals surface area contributed by atoms with Crippen LogP contribution in [0.4, 0.5) is 15.8 Å². The van der Waals surface area contributed by atoms with Crippen LogP contribution in [0.1, 0.15) is 48.2 Å². The Labute approximate surface area is 179 Å². The molecular formula is C24H24FN3O3. The van der Waals surface area contributed by atoms with Crippen LogP contribution in [0.2, 0.25) is 0 Å². The quantitative estimate of drug-likeness (QED) is 0.631. The average molecular weight is 421 g/mol. The number of anilines is 2. The molecular weight excluding hydrogens is 397 g/mol. The highest BCUT2D eigenvalue weighted by Crippen LogP contribution is 2.21. The molecule has 0 aliphatic rings. The molecule has 0 unspecified atom stereocenters. The highest BCUT2D eigenvalue weighted by atomic mass is 19.1. The molecule has 160 valence electrons. The Morgan fingerprint density at radius 2 is 1.77 bits per heavy atom. The van der Waals surface area contributed by atoms with Crippen LogP contribution in [0.3, 0.4) is 0 Å². The van der Waals surface area contributed by atoms with Crippen LogP contribution >= 0.6 is 0 Å². The van der Waals surface area contributed by atoms with Gasteiger partial charge in [0.05, 0.1) is 5.69 Å². The minimum Gasteiger partial charge on any atom is -0.324 e. The van der Waals surface area contributed by atoms with Crippen LogP contribution in [0.15, 0.2) is 59.5 Å². The molecule has 1 heterocycles. The Morgan fingerprint density at radius 1 is 1.03 bits per heavy atom. The number of benzene rings is 2. The fourth-order valence-electron chi connectivity index (χ4n) is 3.22. The van der Waals surface area contributed by atoms with Crippen molar-refractivity contribution in [3.05, 3.63) is 87.6 Å². The maximum atomic E-state index is 14.2. The van der Waals surface area contributed by atoms with Gasteiger partial charge in [-0.25, -0.2) is 4.39 Å². The third-order valence-corrected chi connectivity index (χ3v) is 4.88. The Morgan fingerprint density at radius 3 is 2.42 bits per heavy atom. The Bertz CT molecular complexity index is 1210. The van der Waals surface area contributed by atoms with E-state index in [1.54, 1.807) is 25.3 Å². The molecule has 2 amide bonds. The van der Waals surface area contributed by atoms with Crippen molar-refractivity contribution >= 4 is 23.2 Å². The predicted octanol–water partition coefficient (Wildman–Crippen LogP) is 4.62. The molecule has 0 atom stereocenters. The number of nitrogens with zero attached hydrogens (tertiary/aromatic N) is 1. The van der Waals surface area contributed by atoms with Crippen molar-refractivity contribution in [3.8, 4) is 5.69 Å². The Balaban J connectivity index is 1.94. The standard InChI is InChI=1S/C24H24FN3O3/c1-14(2)17-6-5-7-19(12-17)28-11-10-15(3)22(24(28)31)23(30)27-18-8-9-21(20(25)13-18)26-16(4)29/h5-14H,1-4H3,(H,26,29)(H,27,30). The van der Waals surface area contributed by atoms with Gasteiger partial charge in [-0.15, -0.1) is 0 Å². The van der Waals surface area contributed by atoms with Crippen molar-refractivity contribution in [2.75, 3.05) is 10.6 Å². The number of aryl methyl sites for hydroxylation is 1. The molecule has 0 radical (unpaired) electrons. The summed E-state index contributed by atoms with van der Waals surface area (Å²) >= 11 is 0. The number of pyridine rings is 1. The van der Waals surface area contributed by atoms with E-state index in [1.165, 1.54) is 23.6 Å². The van der Waals surface area contributed by atoms with Crippen molar-refractivity contribution in [1.29, 1.82) is 0 Å². The van der Waals surface area contributed by atoms with Gasteiger partial charge < -0.3 is 10.6 Å². The number of carbonyl (C=O) groups excluding carboxylic acids is 2. The highest BCUT2D eigenvalue weighted by Gasteiger charge is 2.18. The molecule has 0 saturated heterocycles. The number of hydrogen-bond donors (Lipinski definition) is 2. The van der Waals surface area contributed by atoms with Crippen LogP contribution in [-0.2, 0) is 4.79 Å². The third kappa shape index (κ3) is 4.88. The molecule has 6 nitrogen and oxygen atoms in total. The molecule has 0 aliphatic carbocycles. The lowest BCUT2D eigenvalue weighted by Crippen LogP contribution is -2.29. The van der Waals surface area contributed by atoms with E-state index >= 15 is 0 Å². The number of nitrogens with one attached hydrogen (secondary N) is 2. The molecule has 3 rings (SSSR count). The summed E-state index contributed by atoms with van der Waals surface area (Å²) in [4.78, 5) is 37.1. The van der Waals surface area contributed by atoms with Gasteiger partial charge in [-0.2, -0.15) is 0 Å². The highest BCUT2D eigenvalue weighted by molar-refractivity contribution is 6.05. The van der Waals surface area contributed by atoms with Gasteiger partial charge in [0.25, 0.3) is 11.5 Å². The van der Waals surface area contributed by atoms with Crippen LogP contribution in [0.25, 0.3) is 5.69 Å². The summed E-state index contributed by atoms with van der Waals surface area (Å²) in [6.07, 6.45) is 1.63. The smallest absolute Gasteiger partial charge is 0.268 e. The average Bonchev–Trinajstić information content (AvgIpc) is 2.70. The third-order valence-electron chi connectivity index (χ3n) is 4.88. The van der Waals surface area contributed by atoms with Gasteiger partial charge in [-0.1, -0.05) is 26.0 Å². The summed E-state index contributed by atoms with van der Waals surface area (Å²) in [5, 5.41) is 4.93. The molecule has 0 saturated carbocycles. The molecule has 2 N–H and O–H groups in total. The van der Waals surface area contributed by atoms with Crippen molar-refractivity contribution in [3.63, 3.8) is 0 Å². The molecule has 0 spiro atoms. The maximum Gasteiger partial charge on any atom is 0.268 e. The molecule has 31 heavy (non-hydrogen) atoms. The molecule has 0 aliphatic heterocycles. The van der Waals surface area contributed by atoms with Gasteiger partial charge >= 0.3 is 0 Å². The van der Waals surface area contributed by atoms with E-state index in [4.69, 9.17) is 0 Å². The molecule has 1 aromatic heterocycles. The summed E-state index contributed by atoms with van der Waals surface area (Å²) in [5.74, 6) is -1.44. The lowest BCUT2D eigenvalue weighted by molar-refractivity contribution is -0.114. The Kier molecular flexibility index (Phi) is 6.34. The second-order valence-corrected chi connectivity index (χ2v) is 7.63. The number of carbonyl (C=O) groups is 2. The predicted molar refractivity (Wildman–Crippen MR) is 120 cm³/mol. The summed E-state index contributed by atoms with van der Waals surface area (Å²) in [7, 11) is 0. The van der Waals surface area contributed by atoms with Crippen LogP contribution in [-0.4, -0.2) is 16.4 Å². The number of hydrogen-bond acceptors (Lipinski definition) is 3. The van der Waals surface area contributed by atoms with Crippen LogP contribution < -0.4 is 16.2 Å². The van der Waals surface area contributed by atoms with Gasteiger partial charge in [0.2, 0.25) is 5.91 Å². The van der Waals surface area contributed by atoms with E-state index in [0.717, 1.165) is 11.6 Å². The van der Waals surface area contributed by atoms with E-state index in [0.29, 0.717) is 17.2 Å². The first-order chi connectivity index (χ1) is 14.7. The first kappa shape index (κ1) is 22.0. The van der Waals surface area contributed by atoms with Crippen molar-refractivity contribution in [2.24, 2.45) is 0 Å². The zero-order valence-corrected chi connectivity index (χ0v) is 17.8. The summed E-state index contributed by atoms with van der Waals surface area (Å²) in [5.41, 5.74) is 1.94. The Hall–Kier alpha value is -3.74. The summed E-state index contributed by atoms with van der Waals surface area (Å²) < 4.78 is 15.6. The molecule has 7 heteroatoms. The van der Waals surface area contributed by atoms with Gasteiger partial charge in [-0.3, -0.25) is 19.0 Å². The number of halogens is 1. The van der Waals surface area contributed by atoms with Gasteiger partial charge in [0.15, 0.2) is 0 Å². The second kappa shape index (κ2) is 8.95. The minimum atomic E-state index is -0.694. The zero-order chi connectivity index (χ0) is 22.7. The van der Waals surface area contributed by atoms with Crippen LogP contribution in [0.5, 0.6) is 0 Å². The van der Waals surface area contributed by atoms with E-state index in [1.807, 2.05) is 18.2 Å². The maximum absolute atomic E-state index is 14.2. The van der Waals surface area contributed by atoms with E-state index in [9.17, 15) is 18.8 Å². The first-order valence-corrected chi connectivity index (χ1v) is 9.88. The van der Waals surface area contributed by atoms with E-state index in [-0.39, 0.29) is 16.9 Å². The lowest BCUT2D eigenvalue weighted by atomic mass is 10.0. The summed E-state index contributed by atoms with van der Waals surface area (Å²) in [6.45, 7) is 7.07. The number of amides is 2. The first-order valence-electron chi connectivity index (χ1n) is 9.88.